The van der Waals surface area contributed by atoms with Crippen LogP contribution in [0.1, 0.15) is 23.3 Å². The van der Waals surface area contributed by atoms with E-state index in [1.54, 1.807) is 0 Å². The van der Waals surface area contributed by atoms with E-state index in [9.17, 15) is 8.42 Å². The molecule has 0 saturated heterocycles. The van der Waals surface area contributed by atoms with E-state index in [4.69, 9.17) is 0 Å². The number of hydrogen-bond donors (Lipinski definition) is 2. The van der Waals surface area contributed by atoms with Crippen LogP contribution in [-0.4, -0.2) is 24.4 Å². The molecule has 112 valence electrons. The van der Waals surface area contributed by atoms with Gasteiger partial charge in [-0.15, -0.1) is 11.3 Å². The standard InChI is InChI=1S/C13H16N4O2S2/c1-9-7-20-12(6-16-10-2-3-10)13(9)21(18,19)17-11-4-14-8-15-5-11/h4-5,7-8,10,16-17H,2-3,6H2,1H3. The summed E-state index contributed by atoms with van der Waals surface area (Å²) in [5.41, 5.74) is 1.13. The number of aromatic nitrogens is 2. The Kier molecular flexibility index (Phi) is 3.92. The summed E-state index contributed by atoms with van der Waals surface area (Å²) in [5.74, 6) is 0. The van der Waals surface area contributed by atoms with Gasteiger partial charge < -0.3 is 5.32 Å². The molecule has 0 amide bonds. The molecule has 0 aromatic carbocycles. The predicted molar refractivity (Wildman–Crippen MR) is 81.8 cm³/mol. The first-order chi connectivity index (χ1) is 10.1. The Labute approximate surface area is 127 Å². The molecular weight excluding hydrogens is 308 g/mol. The summed E-state index contributed by atoms with van der Waals surface area (Å²) in [6.45, 7) is 2.40. The number of hydrogen-bond acceptors (Lipinski definition) is 6. The van der Waals surface area contributed by atoms with Gasteiger partial charge in [-0.05, 0) is 30.7 Å². The minimum atomic E-state index is -3.62. The van der Waals surface area contributed by atoms with Crippen LogP contribution in [-0.2, 0) is 16.6 Å². The second-order valence-electron chi connectivity index (χ2n) is 5.06. The number of nitrogens with one attached hydrogen (secondary N) is 2. The molecule has 2 heterocycles. The topological polar surface area (TPSA) is 84.0 Å². The highest BCUT2D eigenvalue weighted by Crippen LogP contribution is 2.29. The molecule has 0 spiro atoms. The van der Waals surface area contributed by atoms with Gasteiger partial charge in [-0.25, -0.2) is 18.4 Å². The van der Waals surface area contributed by atoms with Crippen molar-refractivity contribution in [2.24, 2.45) is 0 Å². The number of nitrogens with zero attached hydrogens (tertiary/aromatic N) is 2. The molecule has 2 aromatic rings. The maximum atomic E-state index is 12.6. The highest BCUT2D eigenvalue weighted by molar-refractivity contribution is 7.93. The van der Waals surface area contributed by atoms with Gasteiger partial charge in [0.2, 0.25) is 0 Å². The number of thiophene rings is 1. The average molecular weight is 324 g/mol. The quantitative estimate of drug-likeness (QED) is 0.848. The van der Waals surface area contributed by atoms with Crippen LogP contribution < -0.4 is 10.0 Å². The molecule has 0 unspecified atom stereocenters. The minimum Gasteiger partial charge on any atom is -0.309 e. The number of aryl methyl sites for hydroxylation is 1. The van der Waals surface area contributed by atoms with E-state index in [1.807, 2.05) is 12.3 Å². The fourth-order valence-corrected chi connectivity index (χ4v) is 4.84. The highest BCUT2D eigenvalue weighted by atomic mass is 32.2. The van der Waals surface area contributed by atoms with Gasteiger partial charge in [0, 0.05) is 17.5 Å². The van der Waals surface area contributed by atoms with Crippen molar-refractivity contribution in [3.8, 4) is 0 Å². The molecule has 8 heteroatoms. The minimum absolute atomic E-state index is 0.365. The fourth-order valence-electron chi connectivity index (χ4n) is 2.05. The Morgan fingerprint density at radius 1 is 1.33 bits per heavy atom. The third-order valence-corrected chi connectivity index (χ3v) is 6.04. The van der Waals surface area contributed by atoms with Crippen LogP contribution in [0.2, 0.25) is 0 Å². The van der Waals surface area contributed by atoms with Crippen molar-refractivity contribution in [1.29, 1.82) is 0 Å². The van der Waals surface area contributed by atoms with Gasteiger partial charge in [-0.3, -0.25) is 4.72 Å². The van der Waals surface area contributed by atoms with Gasteiger partial charge in [0.15, 0.2) is 0 Å². The van der Waals surface area contributed by atoms with Crippen molar-refractivity contribution in [3.63, 3.8) is 0 Å². The lowest BCUT2D eigenvalue weighted by Gasteiger charge is -2.10. The molecule has 3 rings (SSSR count). The van der Waals surface area contributed by atoms with Crippen molar-refractivity contribution >= 4 is 27.0 Å². The smallest absolute Gasteiger partial charge is 0.263 e. The van der Waals surface area contributed by atoms with Crippen LogP contribution in [0.25, 0.3) is 0 Å². The van der Waals surface area contributed by atoms with Crippen molar-refractivity contribution in [3.05, 3.63) is 34.5 Å². The molecule has 1 fully saturated rings. The molecule has 2 aromatic heterocycles. The molecule has 0 atom stereocenters. The predicted octanol–water partition coefficient (Wildman–Crippen LogP) is 1.90. The summed E-state index contributed by atoms with van der Waals surface area (Å²) >= 11 is 1.47. The monoisotopic (exact) mass is 324 g/mol. The van der Waals surface area contributed by atoms with E-state index in [0.717, 1.165) is 10.4 Å². The molecule has 0 radical (unpaired) electrons. The second kappa shape index (κ2) is 5.70. The molecule has 1 saturated carbocycles. The first-order valence-electron chi connectivity index (χ1n) is 6.64. The molecular formula is C13H16N4O2S2. The van der Waals surface area contributed by atoms with E-state index in [1.165, 1.54) is 42.9 Å². The van der Waals surface area contributed by atoms with Gasteiger partial charge in [-0.1, -0.05) is 0 Å². The zero-order valence-electron chi connectivity index (χ0n) is 11.5. The lowest BCUT2D eigenvalue weighted by molar-refractivity contribution is 0.598. The zero-order valence-corrected chi connectivity index (χ0v) is 13.2. The molecule has 0 bridgehead atoms. The van der Waals surface area contributed by atoms with Crippen molar-refractivity contribution in [2.45, 2.75) is 37.2 Å². The fraction of sp³-hybridized carbons (Fsp3) is 0.385. The number of rotatable bonds is 6. The molecule has 21 heavy (non-hydrogen) atoms. The molecule has 2 N–H and O–H groups in total. The van der Waals surface area contributed by atoms with E-state index in [2.05, 4.69) is 20.0 Å². The van der Waals surface area contributed by atoms with Crippen LogP contribution in [0.3, 0.4) is 0 Å². The third kappa shape index (κ3) is 3.39. The Morgan fingerprint density at radius 2 is 2.05 bits per heavy atom. The SMILES string of the molecule is Cc1csc(CNC2CC2)c1S(=O)(=O)Nc1cncnc1. The summed E-state index contributed by atoms with van der Waals surface area (Å²) in [6, 6.07) is 0.540. The van der Waals surface area contributed by atoms with Crippen LogP contribution in [0.4, 0.5) is 5.69 Å². The summed E-state index contributed by atoms with van der Waals surface area (Å²) in [5, 5.41) is 5.23. The van der Waals surface area contributed by atoms with Crippen molar-refractivity contribution < 1.29 is 8.42 Å². The molecule has 6 nitrogen and oxygen atoms in total. The third-order valence-electron chi connectivity index (χ3n) is 3.20. The Balaban J connectivity index is 1.85. The maximum absolute atomic E-state index is 12.6. The van der Waals surface area contributed by atoms with E-state index in [0.29, 0.717) is 23.2 Å². The van der Waals surface area contributed by atoms with E-state index in [-0.39, 0.29) is 0 Å². The number of anilines is 1. The van der Waals surface area contributed by atoms with Crippen LogP contribution in [0.5, 0.6) is 0 Å². The molecule has 1 aliphatic carbocycles. The van der Waals surface area contributed by atoms with Gasteiger partial charge in [-0.2, -0.15) is 0 Å². The summed E-state index contributed by atoms with van der Waals surface area (Å²) in [6.07, 6.45) is 6.58. The first-order valence-corrected chi connectivity index (χ1v) is 9.01. The van der Waals surface area contributed by atoms with Crippen LogP contribution in [0.15, 0.2) is 29.0 Å². The average Bonchev–Trinajstić information content (AvgIpc) is 3.19. The highest BCUT2D eigenvalue weighted by Gasteiger charge is 2.26. The van der Waals surface area contributed by atoms with Gasteiger partial charge in [0.25, 0.3) is 10.0 Å². The summed E-state index contributed by atoms with van der Waals surface area (Å²) in [4.78, 5) is 8.83. The zero-order chi connectivity index (χ0) is 14.9. The van der Waals surface area contributed by atoms with Crippen molar-refractivity contribution in [2.75, 3.05) is 4.72 Å². The Hall–Kier alpha value is -1.51. The van der Waals surface area contributed by atoms with Crippen LogP contribution in [0, 0.1) is 6.92 Å². The van der Waals surface area contributed by atoms with Gasteiger partial charge >= 0.3 is 0 Å². The maximum Gasteiger partial charge on any atom is 0.263 e. The molecule has 0 aliphatic heterocycles. The van der Waals surface area contributed by atoms with E-state index < -0.39 is 10.0 Å². The van der Waals surface area contributed by atoms with Crippen LogP contribution >= 0.6 is 11.3 Å². The lowest BCUT2D eigenvalue weighted by atomic mass is 10.3. The summed E-state index contributed by atoms with van der Waals surface area (Å²) < 4.78 is 27.7. The van der Waals surface area contributed by atoms with Crippen molar-refractivity contribution in [1.82, 2.24) is 15.3 Å². The molecule has 1 aliphatic rings. The Bertz CT molecular complexity index is 724. The first kappa shape index (κ1) is 14.4. The van der Waals surface area contributed by atoms with Gasteiger partial charge in [0.1, 0.15) is 11.2 Å². The van der Waals surface area contributed by atoms with E-state index >= 15 is 0 Å². The Morgan fingerprint density at radius 3 is 2.71 bits per heavy atom. The van der Waals surface area contributed by atoms with Gasteiger partial charge in [0.05, 0.1) is 18.1 Å². The summed E-state index contributed by atoms with van der Waals surface area (Å²) in [7, 11) is -3.62. The second-order valence-corrected chi connectivity index (χ2v) is 7.64. The normalized spacial score (nSPS) is 15.1. The number of sulfonamides is 1. The largest absolute Gasteiger partial charge is 0.309 e. The lowest BCUT2D eigenvalue weighted by Crippen LogP contribution is -2.19.